The number of Topliss-reactive ketones (excluding diaryl/α,β-unsaturated/α-hetero) is 1. The quantitative estimate of drug-likeness (QED) is 0.200. The summed E-state index contributed by atoms with van der Waals surface area (Å²) in [6.45, 7) is 0. The van der Waals surface area contributed by atoms with Crippen molar-refractivity contribution in [2.75, 3.05) is 11.9 Å². The Kier molecular flexibility index (Phi) is 7.95. The Hall–Kier alpha value is -3.63. The van der Waals surface area contributed by atoms with Gasteiger partial charge in [0.15, 0.2) is 5.78 Å². The monoisotopic (exact) mass is 465 g/mol. The first-order valence-corrected chi connectivity index (χ1v) is 12.2. The number of hydrogen-bond acceptors (Lipinski definition) is 3. The number of anilines is 1. The van der Waals surface area contributed by atoms with Gasteiger partial charge < -0.3 is 4.90 Å². The third-order valence-corrected chi connectivity index (χ3v) is 7.15. The molecule has 1 amide bonds. The van der Waals surface area contributed by atoms with E-state index in [1.54, 1.807) is 11.9 Å². The van der Waals surface area contributed by atoms with Gasteiger partial charge in [-0.2, -0.15) is 0 Å². The first kappa shape index (κ1) is 23.5. The number of hydrogen-bond donors (Lipinski definition) is 0. The van der Waals surface area contributed by atoms with Crippen LogP contribution in [-0.2, 0) is 4.79 Å². The van der Waals surface area contributed by atoms with Crippen LogP contribution in [0.1, 0.15) is 28.3 Å². The van der Waals surface area contributed by atoms with Crippen LogP contribution in [0.25, 0.3) is 0 Å². The number of carbonyl (C=O) groups excluding carboxylic acids is 2. The summed E-state index contributed by atoms with van der Waals surface area (Å²) in [6.07, 6.45) is 0.243. The minimum absolute atomic E-state index is 0.0308. The topological polar surface area (TPSA) is 37.4 Å². The van der Waals surface area contributed by atoms with E-state index in [1.165, 1.54) is 11.8 Å². The third kappa shape index (κ3) is 5.83. The summed E-state index contributed by atoms with van der Waals surface area (Å²) in [5.74, 6) is -0.296. The number of benzene rings is 4. The minimum Gasteiger partial charge on any atom is -0.315 e. The van der Waals surface area contributed by atoms with E-state index >= 15 is 0 Å². The van der Waals surface area contributed by atoms with E-state index in [-0.39, 0.29) is 24.0 Å². The molecule has 0 fully saturated rings. The highest BCUT2D eigenvalue weighted by atomic mass is 32.2. The molecule has 0 aliphatic heterocycles. The summed E-state index contributed by atoms with van der Waals surface area (Å²) in [7, 11) is 1.80. The zero-order chi connectivity index (χ0) is 23.8. The number of ketones is 1. The lowest BCUT2D eigenvalue weighted by molar-refractivity contribution is -0.118. The molecule has 0 aliphatic rings. The number of rotatable bonds is 9. The van der Waals surface area contributed by atoms with Crippen molar-refractivity contribution in [1.29, 1.82) is 0 Å². The van der Waals surface area contributed by atoms with Crippen molar-refractivity contribution in [3.8, 4) is 0 Å². The maximum Gasteiger partial charge on any atom is 0.240 e. The molecule has 0 saturated heterocycles. The highest BCUT2D eigenvalue weighted by Gasteiger charge is 2.34. The van der Waals surface area contributed by atoms with Crippen molar-refractivity contribution in [2.45, 2.75) is 22.5 Å². The first-order valence-electron chi connectivity index (χ1n) is 11.3. The molecule has 4 rings (SSSR count). The predicted octanol–water partition coefficient (Wildman–Crippen LogP) is 6.87. The van der Waals surface area contributed by atoms with Crippen molar-refractivity contribution in [1.82, 2.24) is 0 Å². The summed E-state index contributed by atoms with van der Waals surface area (Å²) in [5, 5.41) is -0.484. The second kappa shape index (κ2) is 11.5. The van der Waals surface area contributed by atoms with Crippen LogP contribution in [0.4, 0.5) is 5.69 Å². The largest absolute Gasteiger partial charge is 0.315 e. The molecule has 2 atom stereocenters. The van der Waals surface area contributed by atoms with Crippen molar-refractivity contribution >= 4 is 29.1 Å². The fourth-order valence-corrected chi connectivity index (χ4v) is 5.25. The molecule has 0 spiro atoms. The van der Waals surface area contributed by atoms with Gasteiger partial charge in [0.1, 0.15) is 0 Å². The van der Waals surface area contributed by atoms with E-state index in [2.05, 4.69) is 0 Å². The molecule has 170 valence electrons. The van der Waals surface area contributed by atoms with Gasteiger partial charge in [-0.1, -0.05) is 97.1 Å². The highest BCUT2D eigenvalue weighted by molar-refractivity contribution is 8.00. The molecule has 4 aromatic carbocycles. The lowest BCUT2D eigenvalue weighted by Crippen LogP contribution is -2.38. The van der Waals surface area contributed by atoms with E-state index in [4.69, 9.17) is 0 Å². The first-order chi connectivity index (χ1) is 16.6. The zero-order valence-corrected chi connectivity index (χ0v) is 19.9. The molecule has 0 aromatic heterocycles. The van der Waals surface area contributed by atoms with Crippen LogP contribution in [0.5, 0.6) is 0 Å². The van der Waals surface area contributed by atoms with Crippen LogP contribution in [0.3, 0.4) is 0 Å². The molecule has 0 aliphatic carbocycles. The lowest BCUT2D eigenvalue weighted by atomic mass is 9.88. The summed E-state index contributed by atoms with van der Waals surface area (Å²) in [5.41, 5.74) is 2.47. The molecule has 0 heterocycles. The molecular weight excluding hydrogens is 438 g/mol. The summed E-state index contributed by atoms with van der Waals surface area (Å²) in [6, 6.07) is 38.8. The smallest absolute Gasteiger partial charge is 0.240 e. The Morgan fingerprint density at radius 3 is 1.79 bits per heavy atom. The maximum atomic E-state index is 14.0. The second-order valence-corrected chi connectivity index (χ2v) is 9.31. The summed E-state index contributed by atoms with van der Waals surface area (Å²) < 4.78 is 0. The van der Waals surface area contributed by atoms with Gasteiger partial charge in [0.25, 0.3) is 0 Å². The summed E-state index contributed by atoms with van der Waals surface area (Å²) >= 11 is 1.52. The van der Waals surface area contributed by atoms with Crippen molar-refractivity contribution in [2.24, 2.45) is 0 Å². The zero-order valence-electron chi connectivity index (χ0n) is 19.1. The average molecular weight is 466 g/mol. The Morgan fingerprint density at radius 1 is 0.706 bits per heavy atom. The highest BCUT2D eigenvalue weighted by Crippen LogP contribution is 2.38. The molecule has 0 bridgehead atoms. The molecule has 4 aromatic rings. The minimum atomic E-state index is -0.484. The van der Waals surface area contributed by atoms with Gasteiger partial charge in [-0.05, 0) is 29.8 Å². The Labute approximate surface area is 205 Å². The van der Waals surface area contributed by atoms with Gasteiger partial charge >= 0.3 is 0 Å². The van der Waals surface area contributed by atoms with E-state index in [0.29, 0.717) is 5.56 Å². The molecule has 0 saturated carbocycles. The number of amides is 1. The third-order valence-electron chi connectivity index (χ3n) is 5.82. The molecule has 0 radical (unpaired) electrons. The standard InChI is InChI=1S/C30H27NO2S/c1-31(25-18-10-4-11-19-25)30(33)29(34-26-20-12-5-13-21-26)27(23-14-6-2-7-15-23)22-28(32)24-16-8-3-9-17-24/h2-21,27,29H,22H2,1H3/t27-,29-/m0/s1. The fourth-order valence-electron chi connectivity index (χ4n) is 3.96. The maximum absolute atomic E-state index is 14.0. The summed E-state index contributed by atoms with van der Waals surface area (Å²) in [4.78, 5) is 30.0. The fraction of sp³-hybridized carbons (Fsp3) is 0.133. The molecule has 0 N–H and O–H groups in total. The second-order valence-electron chi connectivity index (χ2n) is 8.09. The number of carbonyl (C=O) groups is 2. The number of nitrogens with zero attached hydrogens (tertiary/aromatic N) is 1. The lowest BCUT2D eigenvalue weighted by Gasteiger charge is -2.30. The van der Waals surface area contributed by atoms with Gasteiger partial charge in [-0.3, -0.25) is 9.59 Å². The molecule has 4 heteroatoms. The predicted molar refractivity (Wildman–Crippen MR) is 141 cm³/mol. The van der Waals surface area contributed by atoms with Crippen LogP contribution in [-0.4, -0.2) is 24.0 Å². The van der Waals surface area contributed by atoms with Crippen molar-refractivity contribution < 1.29 is 9.59 Å². The normalized spacial score (nSPS) is 12.5. The van der Waals surface area contributed by atoms with Crippen LogP contribution in [0.15, 0.2) is 126 Å². The Balaban J connectivity index is 1.73. The van der Waals surface area contributed by atoms with Crippen LogP contribution in [0.2, 0.25) is 0 Å². The average Bonchev–Trinajstić information content (AvgIpc) is 2.91. The number of thioether (sulfide) groups is 1. The SMILES string of the molecule is CN(C(=O)[C@@H](Sc1ccccc1)[C@@H](CC(=O)c1ccccc1)c1ccccc1)c1ccccc1. The van der Waals surface area contributed by atoms with E-state index in [0.717, 1.165) is 16.1 Å². The number of para-hydroxylation sites is 1. The van der Waals surface area contributed by atoms with Crippen LogP contribution >= 0.6 is 11.8 Å². The van der Waals surface area contributed by atoms with E-state index in [9.17, 15) is 9.59 Å². The van der Waals surface area contributed by atoms with Gasteiger partial charge in [-0.15, -0.1) is 11.8 Å². The molecule has 34 heavy (non-hydrogen) atoms. The van der Waals surface area contributed by atoms with Gasteiger partial charge in [0.05, 0.1) is 5.25 Å². The molecule has 3 nitrogen and oxygen atoms in total. The van der Waals surface area contributed by atoms with Gasteiger partial charge in [-0.25, -0.2) is 0 Å². The molecule has 0 unspecified atom stereocenters. The Bertz CT molecular complexity index is 1200. The van der Waals surface area contributed by atoms with Crippen molar-refractivity contribution in [3.05, 3.63) is 132 Å². The Morgan fingerprint density at radius 2 is 1.21 bits per heavy atom. The van der Waals surface area contributed by atoms with Crippen LogP contribution < -0.4 is 4.90 Å². The van der Waals surface area contributed by atoms with Crippen LogP contribution in [0, 0.1) is 0 Å². The van der Waals surface area contributed by atoms with E-state index < -0.39 is 5.25 Å². The van der Waals surface area contributed by atoms with Gasteiger partial charge in [0, 0.05) is 35.5 Å². The van der Waals surface area contributed by atoms with E-state index in [1.807, 2.05) is 121 Å². The van der Waals surface area contributed by atoms with Gasteiger partial charge in [0.2, 0.25) is 5.91 Å². The molecular formula is C30H27NO2S. The van der Waals surface area contributed by atoms with Crippen molar-refractivity contribution in [3.63, 3.8) is 0 Å².